The van der Waals surface area contributed by atoms with E-state index in [1.807, 2.05) is 0 Å². The van der Waals surface area contributed by atoms with Gasteiger partial charge in [0.05, 0.1) is 4.92 Å². The minimum absolute atomic E-state index is 0.0144. The van der Waals surface area contributed by atoms with Crippen LogP contribution in [0.5, 0.6) is 0 Å². The molecule has 0 heterocycles. The van der Waals surface area contributed by atoms with Gasteiger partial charge in [0.1, 0.15) is 6.61 Å². The molecule has 0 fully saturated rings. The van der Waals surface area contributed by atoms with Crippen molar-refractivity contribution in [2.45, 2.75) is 19.6 Å². The first-order valence-electron chi connectivity index (χ1n) is 4.73. The fourth-order valence-electron chi connectivity index (χ4n) is 1.01. The van der Waals surface area contributed by atoms with Crippen LogP contribution in [0.1, 0.15) is 12.5 Å². The SMILES string of the molecule is CC([NH3+])C(=O)OCc1ccc([N+](=O)[O-])cc1. The van der Waals surface area contributed by atoms with E-state index in [0.717, 1.165) is 0 Å². The number of ether oxygens (including phenoxy) is 1. The third kappa shape index (κ3) is 3.32. The highest BCUT2D eigenvalue weighted by atomic mass is 16.6. The molecule has 0 aromatic heterocycles. The first kappa shape index (κ1) is 12.1. The maximum Gasteiger partial charge on any atom is 0.364 e. The third-order valence-electron chi connectivity index (χ3n) is 1.93. The first-order valence-corrected chi connectivity index (χ1v) is 4.73. The number of hydrogen-bond acceptors (Lipinski definition) is 4. The number of carbonyl (C=O) groups excluding carboxylic acids is 1. The van der Waals surface area contributed by atoms with E-state index in [2.05, 4.69) is 5.73 Å². The van der Waals surface area contributed by atoms with E-state index >= 15 is 0 Å². The van der Waals surface area contributed by atoms with Gasteiger partial charge >= 0.3 is 5.97 Å². The van der Waals surface area contributed by atoms with Gasteiger partial charge < -0.3 is 10.5 Å². The lowest BCUT2D eigenvalue weighted by molar-refractivity contribution is -0.403. The summed E-state index contributed by atoms with van der Waals surface area (Å²) in [7, 11) is 0. The predicted molar refractivity (Wildman–Crippen MR) is 55.2 cm³/mol. The maximum atomic E-state index is 11.1. The Hall–Kier alpha value is -1.95. The van der Waals surface area contributed by atoms with Gasteiger partial charge in [-0.25, -0.2) is 4.79 Å². The van der Waals surface area contributed by atoms with E-state index in [1.54, 1.807) is 19.1 Å². The number of rotatable bonds is 4. The second-order valence-corrected chi connectivity index (χ2v) is 3.43. The minimum atomic E-state index is -0.478. The van der Waals surface area contributed by atoms with Crippen LogP contribution in [-0.4, -0.2) is 16.9 Å². The predicted octanol–water partition coefficient (Wildman–Crippen LogP) is 0.268. The van der Waals surface area contributed by atoms with Gasteiger partial charge in [-0.1, -0.05) is 0 Å². The summed E-state index contributed by atoms with van der Waals surface area (Å²) in [4.78, 5) is 21.0. The lowest BCUT2D eigenvalue weighted by Gasteiger charge is -2.04. The fourth-order valence-corrected chi connectivity index (χ4v) is 1.01. The van der Waals surface area contributed by atoms with Crippen molar-refractivity contribution < 1.29 is 20.2 Å². The Bertz CT molecular complexity index is 386. The summed E-state index contributed by atoms with van der Waals surface area (Å²) in [5.74, 6) is -0.390. The Morgan fingerprint density at radius 2 is 2.06 bits per heavy atom. The number of esters is 1. The molecule has 0 spiro atoms. The average Bonchev–Trinajstić information content (AvgIpc) is 2.26. The highest BCUT2D eigenvalue weighted by molar-refractivity contribution is 5.73. The second-order valence-electron chi connectivity index (χ2n) is 3.43. The Morgan fingerprint density at radius 1 is 1.50 bits per heavy atom. The molecule has 0 bridgehead atoms. The first-order chi connectivity index (χ1) is 7.50. The Labute approximate surface area is 92.2 Å². The minimum Gasteiger partial charge on any atom is -0.456 e. The normalized spacial score (nSPS) is 11.9. The Kier molecular flexibility index (Phi) is 3.96. The molecule has 16 heavy (non-hydrogen) atoms. The van der Waals surface area contributed by atoms with Crippen LogP contribution in [0.15, 0.2) is 24.3 Å². The summed E-state index contributed by atoms with van der Waals surface area (Å²) in [6, 6.07) is 5.43. The highest BCUT2D eigenvalue weighted by Gasteiger charge is 2.12. The summed E-state index contributed by atoms with van der Waals surface area (Å²) in [6.45, 7) is 1.74. The van der Waals surface area contributed by atoms with Gasteiger partial charge in [0.2, 0.25) is 0 Å². The van der Waals surface area contributed by atoms with E-state index in [9.17, 15) is 14.9 Å². The molecule has 0 aliphatic rings. The molecule has 0 saturated carbocycles. The molecule has 86 valence electrons. The van der Waals surface area contributed by atoms with E-state index in [0.29, 0.717) is 5.56 Å². The summed E-state index contributed by atoms with van der Waals surface area (Å²) < 4.78 is 4.92. The van der Waals surface area contributed by atoms with Crippen LogP contribution in [0.2, 0.25) is 0 Å². The van der Waals surface area contributed by atoms with E-state index < -0.39 is 16.9 Å². The van der Waals surface area contributed by atoms with Gasteiger partial charge in [-0.05, 0) is 24.6 Å². The van der Waals surface area contributed by atoms with Crippen LogP contribution < -0.4 is 5.73 Å². The molecule has 1 aromatic rings. The monoisotopic (exact) mass is 225 g/mol. The maximum absolute atomic E-state index is 11.1. The largest absolute Gasteiger partial charge is 0.456 e. The molecule has 6 nitrogen and oxygen atoms in total. The number of hydrogen-bond donors (Lipinski definition) is 1. The van der Waals surface area contributed by atoms with Gasteiger partial charge in [0.25, 0.3) is 5.69 Å². The third-order valence-corrected chi connectivity index (χ3v) is 1.93. The summed E-state index contributed by atoms with van der Waals surface area (Å²) in [6.07, 6.45) is 0. The smallest absolute Gasteiger partial charge is 0.364 e. The average molecular weight is 225 g/mol. The van der Waals surface area contributed by atoms with Gasteiger partial charge in [0, 0.05) is 12.1 Å². The summed E-state index contributed by atoms with van der Waals surface area (Å²) >= 11 is 0. The van der Waals surface area contributed by atoms with E-state index in [-0.39, 0.29) is 12.3 Å². The van der Waals surface area contributed by atoms with Crippen LogP contribution in [0.3, 0.4) is 0 Å². The molecular weight excluding hydrogens is 212 g/mol. The molecule has 1 aromatic carbocycles. The van der Waals surface area contributed by atoms with Crippen molar-refractivity contribution in [2.24, 2.45) is 0 Å². The molecular formula is C10H13N2O4+. The Balaban J connectivity index is 2.56. The molecule has 0 radical (unpaired) electrons. The molecule has 6 heteroatoms. The zero-order chi connectivity index (χ0) is 12.1. The summed E-state index contributed by atoms with van der Waals surface area (Å²) in [5, 5.41) is 10.4. The van der Waals surface area contributed by atoms with Crippen molar-refractivity contribution in [3.05, 3.63) is 39.9 Å². The number of nitro groups is 1. The molecule has 0 aliphatic carbocycles. The lowest BCUT2D eigenvalue weighted by atomic mass is 10.2. The second kappa shape index (κ2) is 5.22. The van der Waals surface area contributed by atoms with Crippen molar-refractivity contribution in [3.63, 3.8) is 0 Å². The number of nitro benzene ring substituents is 1. The fraction of sp³-hybridized carbons (Fsp3) is 0.300. The van der Waals surface area contributed by atoms with Gasteiger partial charge in [-0.3, -0.25) is 10.1 Å². The molecule has 1 atom stereocenters. The van der Waals surface area contributed by atoms with E-state index in [4.69, 9.17) is 4.74 Å². The van der Waals surface area contributed by atoms with Crippen molar-refractivity contribution in [1.29, 1.82) is 0 Å². The van der Waals surface area contributed by atoms with Gasteiger partial charge in [0.15, 0.2) is 6.04 Å². The van der Waals surface area contributed by atoms with Gasteiger partial charge in [-0.2, -0.15) is 0 Å². The molecule has 0 saturated heterocycles. The quantitative estimate of drug-likeness (QED) is 0.451. The summed E-state index contributed by atoms with van der Waals surface area (Å²) in [5.41, 5.74) is 4.25. The Morgan fingerprint density at radius 3 is 2.50 bits per heavy atom. The standard InChI is InChI=1S/C10H12N2O4/c1-7(11)10(13)16-6-8-2-4-9(5-3-8)12(14)15/h2-5,7H,6,11H2,1H3/p+1. The topological polar surface area (TPSA) is 97.1 Å². The molecule has 1 rings (SSSR count). The number of benzene rings is 1. The molecule has 0 aliphatic heterocycles. The molecule has 3 N–H and O–H groups in total. The molecule has 0 amide bonds. The van der Waals surface area contributed by atoms with Crippen molar-refractivity contribution in [1.82, 2.24) is 0 Å². The number of nitrogens with zero attached hydrogens (tertiary/aromatic N) is 1. The molecule has 1 unspecified atom stereocenters. The van der Waals surface area contributed by atoms with Crippen LogP contribution in [0, 0.1) is 10.1 Å². The van der Waals surface area contributed by atoms with Gasteiger partial charge in [-0.15, -0.1) is 0 Å². The zero-order valence-corrected chi connectivity index (χ0v) is 8.88. The number of non-ortho nitro benzene ring substituents is 1. The highest BCUT2D eigenvalue weighted by Crippen LogP contribution is 2.12. The van der Waals surface area contributed by atoms with Crippen LogP contribution in [0.4, 0.5) is 5.69 Å². The van der Waals surface area contributed by atoms with Crippen molar-refractivity contribution >= 4 is 11.7 Å². The van der Waals surface area contributed by atoms with Crippen molar-refractivity contribution in [3.8, 4) is 0 Å². The lowest BCUT2D eigenvalue weighted by Crippen LogP contribution is -2.63. The van der Waals surface area contributed by atoms with E-state index in [1.165, 1.54) is 12.1 Å². The van der Waals surface area contributed by atoms with Crippen LogP contribution in [0.25, 0.3) is 0 Å². The van der Waals surface area contributed by atoms with Crippen molar-refractivity contribution in [2.75, 3.05) is 0 Å². The van der Waals surface area contributed by atoms with Crippen LogP contribution >= 0.6 is 0 Å². The number of quaternary nitrogens is 1. The number of carbonyl (C=O) groups is 1. The zero-order valence-electron chi connectivity index (χ0n) is 8.88. The van der Waals surface area contributed by atoms with Crippen LogP contribution in [-0.2, 0) is 16.1 Å².